The summed E-state index contributed by atoms with van der Waals surface area (Å²) in [6.45, 7) is 3.73. The largest absolute Gasteiger partial charge is 0.469 e. The summed E-state index contributed by atoms with van der Waals surface area (Å²) in [4.78, 5) is 25.2. The first kappa shape index (κ1) is 16.8. The number of methoxy groups -OCH3 is 1. The van der Waals surface area contributed by atoms with Crippen molar-refractivity contribution in [2.45, 2.75) is 32.7 Å². The molecule has 0 aromatic heterocycles. The molecule has 0 saturated carbocycles. The van der Waals surface area contributed by atoms with Crippen molar-refractivity contribution in [3.63, 3.8) is 0 Å². The molecule has 20 heavy (non-hydrogen) atoms. The Kier molecular flexibility index (Phi) is 6.32. The standard InChI is InChI=1S/C13H22F2N2O3/c1-8(2)12(18)17-6-9(13(19)20-3)4-10(7-17)16-5-11(14)15/h8-11,16H,4-7H2,1-3H3. The summed E-state index contributed by atoms with van der Waals surface area (Å²) in [5.74, 6) is -1.15. The number of piperidine rings is 1. The minimum absolute atomic E-state index is 0.0811. The highest BCUT2D eigenvalue weighted by Gasteiger charge is 2.35. The number of hydrogen-bond donors (Lipinski definition) is 1. The highest BCUT2D eigenvalue weighted by molar-refractivity contribution is 5.80. The first-order valence-corrected chi connectivity index (χ1v) is 6.73. The number of esters is 1. The molecule has 0 radical (unpaired) electrons. The normalized spacial score (nSPS) is 23.2. The van der Waals surface area contributed by atoms with Crippen LogP contribution >= 0.6 is 0 Å². The topological polar surface area (TPSA) is 58.6 Å². The zero-order valence-corrected chi connectivity index (χ0v) is 12.1. The van der Waals surface area contributed by atoms with E-state index < -0.39 is 24.9 Å². The zero-order chi connectivity index (χ0) is 15.3. The monoisotopic (exact) mass is 292 g/mol. The minimum Gasteiger partial charge on any atom is -0.469 e. The van der Waals surface area contributed by atoms with Crippen molar-refractivity contribution in [3.05, 3.63) is 0 Å². The lowest BCUT2D eigenvalue weighted by Gasteiger charge is -2.37. The van der Waals surface area contributed by atoms with E-state index in [0.29, 0.717) is 13.0 Å². The Labute approximate surface area is 117 Å². The van der Waals surface area contributed by atoms with Crippen molar-refractivity contribution in [1.82, 2.24) is 10.2 Å². The third kappa shape index (κ3) is 4.70. The van der Waals surface area contributed by atoms with Crippen LogP contribution in [0.1, 0.15) is 20.3 Å². The number of carbonyl (C=O) groups excluding carboxylic acids is 2. The number of rotatable bonds is 5. The molecule has 116 valence electrons. The predicted octanol–water partition coefficient (Wildman–Crippen LogP) is 0.887. The van der Waals surface area contributed by atoms with Gasteiger partial charge in [0.05, 0.1) is 19.6 Å². The van der Waals surface area contributed by atoms with Crippen molar-refractivity contribution in [2.75, 3.05) is 26.7 Å². The molecule has 7 heteroatoms. The average molecular weight is 292 g/mol. The van der Waals surface area contributed by atoms with E-state index in [4.69, 9.17) is 4.74 Å². The molecular weight excluding hydrogens is 270 g/mol. The molecule has 0 aromatic rings. The molecule has 1 heterocycles. The summed E-state index contributed by atoms with van der Waals surface area (Å²) >= 11 is 0. The van der Waals surface area contributed by atoms with Crippen LogP contribution in [0.4, 0.5) is 8.78 Å². The molecule has 2 atom stereocenters. The molecule has 1 aliphatic heterocycles. The molecule has 0 bridgehead atoms. The van der Waals surface area contributed by atoms with Gasteiger partial charge in [-0.05, 0) is 6.42 Å². The second-order valence-corrected chi connectivity index (χ2v) is 5.35. The quantitative estimate of drug-likeness (QED) is 0.765. The number of carbonyl (C=O) groups is 2. The molecule has 1 rings (SSSR count). The van der Waals surface area contributed by atoms with Crippen LogP contribution in [0.3, 0.4) is 0 Å². The minimum atomic E-state index is -2.46. The maximum absolute atomic E-state index is 12.3. The van der Waals surface area contributed by atoms with E-state index in [9.17, 15) is 18.4 Å². The Morgan fingerprint density at radius 2 is 2.00 bits per heavy atom. The molecule has 1 N–H and O–H groups in total. The molecule has 0 aromatic carbocycles. The van der Waals surface area contributed by atoms with E-state index in [1.807, 2.05) is 0 Å². The Morgan fingerprint density at radius 3 is 2.50 bits per heavy atom. The lowest BCUT2D eigenvalue weighted by atomic mass is 9.93. The van der Waals surface area contributed by atoms with Gasteiger partial charge in [-0.1, -0.05) is 13.8 Å². The highest BCUT2D eigenvalue weighted by atomic mass is 19.3. The van der Waals surface area contributed by atoms with Gasteiger partial charge in [0, 0.05) is 25.0 Å². The number of nitrogens with zero attached hydrogens (tertiary/aromatic N) is 1. The first-order chi connectivity index (χ1) is 9.35. The van der Waals surface area contributed by atoms with E-state index >= 15 is 0 Å². The molecule has 0 spiro atoms. The number of halogens is 2. The number of hydrogen-bond acceptors (Lipinski definition) is 4. The van der Waals surface area contributed by atoms with Crippen LogP contribution in [0.15, 0.2) is 0 Å². The molecular formula is C13H22F2N2O3. The lowest BCUT2D eigenvalue weighted by molar-refractivity contribution is -0.150. The Bertz CT molecular complexity index is 351. The summed E-state index contributed by atoms with van der Waals surface area (Å²) < 4.78 is 29.2. The summed E-state index contributed by atoms with van der Waals surface area (Å²) in [6, 6.07) is -0.315. The van der Waals surface area contributed by atoms with Crippen molar-refractivity contribution in [3.8, 4) is 0 Å². The van der Waals surface area contributed by atoms with Crippen molar-refractivity contribution < 1.29 is 23.1 Å². The van der Waals surface area contributed by atoms with Gasteiger partial charge in [-0.3, -0.25) is 9.59 Å². The van der Waals surface area contributed by atoms with Crippen molar-refractivity contribution in [2.24, 2.45) is 11.8 Å². The lowest BCUT2D eigenvalue weighted by Crippen LogP contribution is -2.54. The Balaban J connectivity index is 2.72. The van der Waals surface area contributed by atoms with Crippen LogP contribution in [0.25, 0.3) is 0 Å². The Hall–Kier alpha value is -1.24. The molecule has 5 nitrogen and oxygen atoms in total. The third-order valence-electron chi connectivity index (χ3n) is 3.35. The fourth-order valence-corrected chi connectivity index (χ4v) is 2.39. The number of nitrogens with one attached hydrogen (secondary N) is 1. The van der Waals surface area contributed by atoms with Crippen LogP contribution in [0.5, 0.6) is 0 Å². The van der Waals surface area contributed by atoms with E-state index in [1.165, 1.54) is 7.11 Å². The molecule has 1 aliphatic rings. The van der Waals surface area contributed by atoms with Gasteiger partial charge in [-0.2, -0.15) is 0 Å². The van der Waals surface area contributed by atoms with Gasteiger partial charge in [0.25, 0.3) is 6.43 Å². The van der Waals surface area contributed by atoms with Gasteiger partial charge in [0.2, 0.25) is 5.91 Å². The summed E-state index contributed by atoms with van der Waals surface area (Å²) in [6.07, 6.45) is -2.05. The van der Waals surface area contributed by atoms with Crippen LogP contribution in [0, 0.1) is 11.8 Å². The van der Waals surface area contributed by atoms with Gasteiger partial charge < -0.3 is 15.0 Å². The molecule has 1 fully saturated rings. The second-order valence-electron chi connectivity index (χ2n) is 5.35. The smallest absolute Gasteiger partial charge is 0.310 e. The predicted molar refractivity (Wildman–Crippen MR) is 69.3 cm³/mol. The van der Waals surface area contributed by atoms with Crippen LogP contribution in [-0.4, -0.2) is 56.0 Å². The number of likely N-dealkylation sites (tertiary alicyclic amines) is 1. The molecule has 2 unspecified atom stereocenters. The number of amides is 1. The van der Waals surface area contributed by atoms with Gasteiger partial charge in [0.15, 0.2) is 0 Å². The molecule has 1 saturated heterocycles. The van der Waals surface area contributed by atoms with Gasteiger partial charge >= 0.3 is 5.97 Å². The van der Waals surface area contributed by atoms with Crippen molar-refractivity contribution >= 4 is 11.9 Å². The number of alkyl halides is 2. The fourth-order valence-electron chi connectivity index (χ4n) is 2.39. The fraction of sp³-hybridized carbons (Fsp3) is 0.846. The molecule has 1 amide bonds. The summed E-state index contributed by atoms with van der Waals surface area (Å²) in [5.41, 5.74) is 0. The van der Waals surface area contributed by atoms with Gasteiger partial charge in [-0.15, -0.1) is 0 Å². The van der Waals surface area contributed by atoms with E-state index in [0.717, 1.165) is 0 Å². The Morgan fingerprint density at radius 1 is 1.35 bits per heavy atom. The maximum Gasteiger partial charge on any atom is 0.310 e. The molecule has 0 aliphatic carbocycles. The zero-order valence-electron chi connectivity index (χ0n) is 12.1. The summed E-state index contributed by atoms with van der Waals surface area (Å²) in [5, 5.41) is 2.70. The van der Waals surface area contributed by atoms with E-state index in [1.54, 1.807) is 18.7 Å². The van der Waals surface area contributed by atoms with Crippen LogP contribution in [0.2, 0.25) is 0 Å². The maximum atomic E-state index is 12.3. The highest BCUT2D eigenvalue weighted by Crippen LogP contribution is 2.20. The first-order valence-electron chi connectivity index (χ1n) is 6.73. The van der Waals surface area contributed by atoms with E-state index in [2.05, 4.69) is 5.32 Å². The summed E-state index contributed by atoms with van der Waals surface area (Å²) in [7, 11) is 1.28. The number of ether oxygens (including phenoxy) is 1. The van der Waals surface area contributed by atoms with Gasteiger partial charge in [-0.25, -0.2) is 8.78 Å². The van der Waals surface area contributed by atoms with Crippen LogP contribution in [-0.2, 0) is 14.3 Å². The third-order valence-corrected chi connectivity index (χ3v) is 3.35. The van der Waals surface area contributed by atoms with Crippen LogP contribution < -0.4 is 5.32 Å². The second kappa shape index (κ2) is 7.52. The SMILES string of the molecule is COC(=O)C1CC(NCC(F)F)CN(C(=O)C(C)C)C1. The van der Waals surface area contributed by atoms with Gasteiger partial charge in [0.1, 0.15) is 0 Å². The van der Waals surface area contributed by atoms with Crippen molar-refractivity contribution in [1.29, 1.82) is 0 Å². The van der Waals surface area contributed by atoms with E-state index in [-0.39, 0.29) is 24.4 Å². The average Bonchev–Trinajstić information content (AvgIpc) is 2.42.